The highest BCUT2D eigenvalue weighted by Gasteiger charge is 2.19. The van der Waals surface area contributed by atoms with Crippen LogP contribution in [0.25, 0.3) is 5.69 Å². The topological polar surface area (TPSA) is 93.1 Å². The zero-order chi connectivity index (χ0) is 23.6. The maximum absolute atomic E-state index is 13.9. The van der Waals surface area contributed by atoms with E-state index in [9.17, 15) is 22.0 Å². The molecule has 4 aromatic rings. The van der Waals surface area contributed by atoms with E-state index in [0.717, 1.165) is 6.07 Å². The van der Waals surface area contributed by atoms with Crippen molar-refractivity contribution in [1.82, 2.24) is 9.78 Å². The number of benzene rings is 3. The van der Waals surface area contributed by atoms with Gasteiger partial charge in [0, 0.05) is 11.6 Å². The fourth-order valence-corrected chi connectivity index (χ4v) is 4.22. The smallest absolute Gasteiger partial charge is 0.262 e. The van der Waals surface area contributed by atoms with Crippen LogP contribution < -0.4 is 10.0 Å². The van der Waals surface area contributed by atoms with Gasteiger partial charge in [0.2, 0.25) is 0 Å². The van der Waals surface area contributed by atoms with Crippen molar-refractivity contribution in [3.63, 3.8) is 0 Å². The van der Waals surface area contributed by atoms with Crippen molar-refractivity contribution in [1.29, 1.82) is 0 Å². The van der Waals surface area contributed by atoms with Gasteiger partial charge in [-0.25, -0.2) is 21.9 Å². The second-order valence-corrected chi connectivity index (χ2v) is 8.81. The summed E-state index contributed by atoms with van der Waals surface area (Å²) in [6, 6.07) is 17.9. The molecule has 10 heteroatoms. The quantitative estimate of drug-likeness (QED) is 0.435. The minimum atomic E-state index is -4.14. The van der Waals surface area contributed by atoms with Crippen molar-refractivity contribution < 1.29 is 22.0 Å². The fourth-order valence-electron chi connectivity index (χ4n) is 3.11. The van der Waals surface area contributed by atoms with E-state index in [1.807, 2.05) is 0 Å². The first-order valence-corrected chi connectivity index (χ1v) is 11.2. The molecule has 7 nitrogen and oxygen atoms in total. The molecule has 0 fully saturated rings. The molecular weight excluding hydrogens is 450 g/mol. The zero-order valence-corrected chi connectivity index (χ0v) is 18.1. The number of hydrogen-bond acceptors (Lipinski definition) is 4. The number of carbonyl (C=O) groups excluding carboxylic acids is 1. The number of sulfonamides is 1. The number of para-hydroxylation sites is 1. The number of amides is 1. The van der Waals surface area contributed by atoms with E-state index in [1.54, 1.807) is 13.0 Å². The molecule has 0 saturated heterocycles. The first-order chi connectivity index (χ1) is 15.7. The lowest BCUT2D eigenvalue weighted by Gasteiger charge is -2.11. The summed E-state index contributed by atoms with van der Waals surface area (Å²) < 4.78 is 56.1. The molecule has 1 amide bonds. The summed E-state index contributed by atoms with van der Waals surface area (Å²) in [6.45, 7) is 1.73. The summed E-state index contributed by atoms with van der Waals surface area (Å²) in [5.41, 5.74) is 1.01. The molecule has 0 saturated carbocycles. The first kappa shape index (κ1) is 22.2. The van der Waals surface area contributed by atoms with Crippen LogP contribution in [0.2, 0.25) is 0 Å². The SMILES string of the molecule is Cc1cc(NC(=O)c2cccc(S(=O)(=O)Nc3ccccc3F)c2)n(-c2ccc(F)cc2)n1. The number of carbonyl (C=O) groups is 1. The van der Waals surface area contributed by atoms with Gasteiger partial charge in [0.05, 0.1) is 22.0 Å². The largest absolute Gasteiger partial charge is 0.306 e. The van der Waals surface area contributed by atoms with Gasteiger partial charge in [0.25, 0.3) is 15.9 Å². The lowest BCUT2D eigenvalue weighted by Crippen LogP contribution is -2.17. The van der Waals surface area contributed by atoms with Gasteiger partial charge in [-0.1, -0.05) is 18.2 Å². The van der Waals surface area contributed by atoms with Crippen molar-refractivity contribution in [2.45, 2.75) is 11.8 Å². The summed E-state index contributed by atoms with van der Waals surface area (Å²) in [5, 5.41) is 7.00. The van der Waals surface area contributed by atoms with Crippen LogP contribution >= 0.6 is 0 Å². The molecule has 33 heavy (non-hydrogen) atoms. The van der Waals surface area contributed by atoms with Crippen LogP contribution in [0.4, 0.5) is 20.3 Å². The normalized spacial score (nSPS) is 11.2. The maximum atomic E-state index is 13.9. The number of anilines is 2. The summed E-state index contributed by atoms with van der Waals surface area (Å²) in [7, 11) is -4.14. The molecule has 2 N–H and O–H groups in total. The van der Waals surface area contributed by atoms with Gasteiger partial charge in [-0.05, 0) is 61.5 Å². The molecule has 0 aliphatic rings. The third kappa shape index (κ3) is 4.90. The van der Waals surface area contributed by atoms with Crippen LogP contribution in [0.5, 0.6) is 0 Å². The van der Waals surface area contributed by atoms with Crippen LogP contribution in [-0.2, 0) is 10.0 Å². The van der Waals surface area contributed by atoms with Gasteiger partial charge >= 0.3 is 0 Å². The first-order valence-electron chi connectivity index (χ1n) is 9.74. The minimum Gasteiger partial charge on any atom is -0.306 e. The Hall–Kier alpha value is -4.05. The Morgan fingerprint density at radius 3 is 2.39 bits per heavy atom. The lowest BCUT2D eigenvalue weighted by atomic mass is 10.2. The van der Waals surface area contributed by atoms with Crippen LogP contribution in [0.3, 0.4) is 0 Å². The third-order valence-electron chi connectivity index (χ3n) is 4.67. The molecule has 1 aromatic heterocycles. The van der Waals surface area contributed by atoms with Crippen LogP contribution in [0.1, 0.15) is 16.1 Å². The highest BCUT2D eigenvalue weighted by Crippen LogP contribution is 2.21. The number of nitrogens with one attached hydrogen (secondary N) is 2. The number of halogens is 2. The standard InChI is InChI=1S/C23H18F2N4O3S/c1-15-13-22(29(27-15)18-11-9-17(24)10-12-18)26-23(30)16-5-4-6-19(14-16)33(31,32)28-21-8-3-2-7-20(21)25/h2-14,28H,1H3,(H,26,30). The van der Waals surface area contributed by atoms with E-state index in [1.165, 1.54) is 71.4 Å². The number of hydrogen-bond donors (Lipinski definition) is 2. The highest BCUT2D eigenvalue weighted by atomic mass is 32.2. The van der Waals surface area contributed by atoms with Gasteiger partial charge in [-0.3, -0.25) is 9.52 Å². The number of nitrogens with zero attached hydrogens (tertiary/aromatic N) is 2. The molecule has 0 unspecified atom stereocenters. The van der Waals surface area contributed by atoms with Crippen molar-refractivity contribution in [3.05, 3.63) is 102 Å². The number of rotatable bonds is 6. The molecule has 0 atom stereocenters. The van der Waals surface area contributed by atoms with E-state index >= 15 is 0 Å². The zero-order valence-electron chi connectivity index (χ0n) is 17.3. The van der Waals surface area contributed by atoms with Gasteiger partial charge in [-0.15, -0.1) is 0 Å². The van der Waals surface area contributed by atoms with Gasteiger partial charge < -0.3 is 5.32 Å². The van der Waals surface area contributed by atoms with Gasteiger partial charge in [-0.2, -0.15) is 5.10 Å². The lowest BCUT2D eigenvalue weighted by molar-refractivity contribution is 0.102. The summed E-state index contributed by atoms with van der Waals surface area (Å²) in [5.74, 6) is -1.39. The van der Waals surface area contributed by atoms with Gasteiger partial charge in [0.1, 0.15) is 17.5 Å². The van der Waals surface area contributed by atoms with Crippen LogP contribution in [0, 0.1) is 18.6 Å². The molecule has 0 aliphatic carbocycles. The van der Waals surface area contributed by atoms with Crippen molar-refractivity contribution in [3.8, 4) is 5.69 Å². The van der Waals surface area contributed by atoms with Crippen LogP contribution in [-0.4, -0.2) is 24.1 Å². The predicted octanol–water partition coefficient (Wildman–Crippen LogP) is 4.51. The Balaban J connectivity index is 1.59. The second kappa shape index (κ2) is 8.83. The van der Waals surface area contributed by atoms with E-state index in [2.05, 4.69) is 15.1 Å². The second-order valence-electron chi connectivity index (χ2n) is 7.13. The maximum Gasteiger partial charge on any atom is 0.262 e. The van der Waals surface area contributed by atoms with E-state index in [-0.39, 0.29) is 16.1 Å². The minimum absolute atomic E-state index is 0.0657. The average Bonchev–Trinajstić information content (AvgIpc) is 3.15. The summed E-state index contributed by atoms with van der Waals surface area (Å²) in [6.07, 6.45) is 0. The fraction of sp³-hybridized carbons (Fsp3) is 0.0435. The Labute approximate surface area is 188 Å². The van der Waals surface area contributed by atoms with E-state index < -0.39 is 27.6 Å². The van der Waals surface area contributed by atoms with Crippen LogP contribution in [0.15, 0.2) is 83.8 Å². The van der Waals surface area contributed by atoms with Crippen molar-refractivity contribution in [2.24, 2.45) is 0 Å². The Bertz CT molecular complexity index is 1430. The number of aromatic nitrogens is 2. The molecule has 4 rings (SSSR count). The molecule has 0 spiro atoms. The molecular formula is C23H18F2N4O3S. The molecule has 1 heterocycles. The molecule has 168 valence electrons. The summed E-state index contributed by atoms with van der Waals surface area (Å²) >= 11 is 0. The van der Waals surface area contributed by atoms with E-state index in [4.69, 9.17) is 0 Å². The number of aryl methyl sites for hydroxylation is 1. The average molecular weight is 468 g/mol. The highest BCUT2D eigenvalue weighted by molar-refractivity contribution is 7.92. The van der Waals surface area contributed by atoms with Crippen molar-refractivity contribution >= 4 is 27.4 Å². The molecule has 0 aliphatic heterocycles. The molecule has 3 aromatic carbocycles. The predicted molar refractivity (Wildman–Crippen MR) is 120 cm³/mol. The Morgan fingerprint density at radius 2 is 1.67 bits per heavy atom. The van der Waals surface area contributed by atoms with E-state index in [0.29, 0.717) is 17.2 Å². The molecule has 0 radical (unpaired) electrons. The Morgan fingerprint density at radius 1 is 0.939 bits per heavy atom. The summed E-state index contributed by atoms with van der Waals surface area (Å²) in [4.78, 5) is 12.7. The van der Waals surface area contributed by atoms with Gasteiger partial charge in [0.15, 0.2) is 0 Å². The molecule has 0 bridgehead atoms. The monoisotopic (exact) mass is 468 g/mol. The third-order valence-corrected chi connectivity index (χ3v) is 6.03. The Kier molecular flexibility index (Phi) is 5.93. The van der Waals surface area contributed by atoms with Crippen molar-refractivity contribution in [2.75, 3.05) is 10.0 Å².